The van der Waals surface area contributed by atoms with E-state index in [2.05, 4.69) is 29.1 Å². The van der Waals surface area contributed by atoms with Crippen molar-refractivity contribution < 1.29 is 4.92 Å². The van der Waals surface area contributed by atoms with Crippen molar-refractivity contribution >= 4 is 17.5 Å². The maximum absolute atomic E-state index is 10.8. The van der Waals surface area contributed by atoms with E-state index in [1.165, 1.54) is 0 Å². The normalized spacial score (nSPS) is 12.5. The maximum atomic E-state index is 10.8. The zero-order valence-corrected chi connectivity index (χ0v) is 10.2. The average Bonchev–Trinajstić information content (AvgIpc) is 2.15. The van der Waals surface area contributed by atoms with E-state index >= 15 is 0 Å². The predicted octanol–water partition coefficient (Wildman–Crippen LogP) is 1.81. The van der Waals surface area contributed by atoms with E-state index in [1.54, 1.807) is 0 Å². The van der Waals surface area contributed by atoms with Crippen LogP contribution in [0.1, 0.15) is 27.2 Å². The minimum Gasteiger partial charge on any atom is -0.368 e. The molecule has 1 rings (SSSR count). The molecule has 0 amide bonds. The van der Waals surface area contributed by atoms with Crippen LogP contribution in [-0.2, 0) is 0 Å². The van der Waals surface area contributed by atoms with Gasteiger partial charge < -0.3 is 11.1 Å². The van der Waals surface area contributed by atoms with Crippen molar-refractivity contribution in [2.75, 3.05) is 11.1 Å². The molecule has 17 heavy (non-hydrogen) atoms. The Morgan fingerprint density at radius 3 is 2.71 bits per heavy atom. The zero-order valence-electron chi connectivity index (χ0n) is 10.2. The molecule has 0 spiro atoms. The topological polar surface area (TPSA) is 107 Å². The summed E-state index contributed by atoms with van der Waals surface area (Å²) in [7, 11) is 0. The smallest absolute Gasteiger partial charge is 0.329 e. The zero-order chi connectivity index (χ0) is 13.0. The largest absolute Gasteiger partial charge is 0.368 e. The Bertz CT molecular complexity index is 408. The highest BCUT2D eigenvalue weighted by molar-refractivity contribution is 5.56. The van der Waals surface area contributed by atoms with Crippen molar-refractivity contribution in [2.24, 2.45) is 5.92 Å². The van der Waals surface area contributed by atoms with E-state index in [0.29, 0.717) is 5.92 Å². The number of nitrogens with zero attached hydrogens (tertiary/aromatic N) is 3. The van der Waals surface area contributed by atoms with E-state index in [9.17, 15) is 10.1 Å². The van der Waals surface area contributed by atoms with Gasteiger partial charge in [0.2, 0.25) is 11.8 Å². The van der Waals surface area contributed by atoms with Crippen LogP contribution in [0.2, 0.25) is 0 Å². The monoisotopic (exact) mass is 239 g/mol. The van der Waals surface area contributed by atoms with Crippen LogP contribution in [0.3, 0.4) is 0 Å². The first-order chi connectivity index (χ1) is 7.90. The molecule has 0 radical (unpaired) electrons. The molecule has 0 aliphatic rings. The fraction of sp³-hybridized carbons (Fsp3) is 0.600. The van der Waals surface area contributed by atoms with Crippen molar-refractivity contribution in [2.45, 2.75) is 33.2 Å². The lowest BCUT2D eigenvalue weighted by molar-refractivity contribution is -0.384. The summed E-state index contributed by atoms with van der Waals surface area (Å²) in [4.78, 5) is 17.7. The van der Waals surface area contributed by atoms with Gasteiger partial charge in [0.25, 0.3) is 0 Å². The average molecular weight is 239 g/mol. The highest BCUT2D eigenvalue weighted by atomic mass is 16.6. The first kappa shape index (κ1) is 13.1. The molecule has 0 aliphatic carbocycles. The number of aromatic nitrogens is 2. The number of nitro groups is 1. The Kier molecular flexibility index (Phi) is 4.19. The summed E-state index contributed by atoms with van der Waals surface area (Å²) in [5, 5.41) is 13.8. The number of hydrogen-bond donors (Lipinski definition) is 2. The lowest BCUT2D eigenvalue weighted by Crippen LogP contribution is -2.19. The van der Waals surface area contributed by atoms with E-state index in [4.69, 9.17) is 5.73 Å². The molecular formula is C10H17N5O2. The summed E-state index contributed by atoms with van der Waals surface area (Å²) in [6, 6.07) is 0.0861. The molecule has 3 N–H and O–H groups in total. The first-order valence-electron chi connectivity index (χ1n) is 5.43. The molecule has 1 atom stereocenters. The molecular weight excluding hydrogens is 222 g/mol. The Morgan fingerprint density at radius 1 is 1.53 bits per heavy atom. The quantitative estimate of drug-likeness (QED) is 0.599. The minimum absolute atomic E-state index is 0.0230. The van der Waals surface area contributed by atoms with E-state index < -0.39 is 4.92 Å². The lowest BCUT2D eigenvalue weighted by Gasteiger charge is -2.16. The fourth-order valence-electron chi connectivity index (χ4n) is 1.63. The first-order valence-corrected chi connectivity index (χ1v) is 5.43. The van der Waals surface area contributed by atoms with E-state index in [1.807, 2.05) is 6.92 Å². The number of anilines is 2. The van der Waals surface area contributed by atoms with Gasteiger partial charge in [-0.15, -0.1) is 0 Å². The number of nitrogens with two attached hydrogens (primary N) is 1. The number of hydrogen-bond acceptors (Lipinski definition) is 6. The van der Waals surface area contributed by atoms with Gasteiger partial charge in [0, 0.05) is 6.04 Å². The number of nitrogen functional groups attached to an aromatic ring is 1. The molecule has 7 heteroatoms. The fourth-order valence-corrected chi connectivity index (χ4v) is 1.63. The van der Waals surface area contributed by atoms with Gasteiger partial charge >= 0.3 is 5.69 Å². The van der Waals surface area contributed by atoms with Crippen molar-refractivity contribution in [3.8, 4) is 0 Å². The van der Waals surface area contributed by atoms with Gasteiger partial charge in [0.05, 0.1) is 4.92 Å². The number of rotatable bonds is 5. The van der Waals surface area contributed by atoms with Crippen molar-refractivity contribution in [3.05, 3.63) is 16.3 Å². The van der Waals surface area contributed by atoms with Crippen LogP contribution in [0.5, 0.6) is 0 Å². The summed E-state index contributed by atoms with van der Waals surface area (Å²) in [5.41, 5.74) is 5.26. The Balaban J connectivity index is 2.88. The summed E-state index contributed by atoms with van der Waals surface area (Å²) in [5.74, 6) is 0.696. The van der Waals surface area contributed by atoms with E-state index in [-0.39, 0.29) is 23.5 Å². The van der Waals surface area contributed by atoms with Gasteiger partial charge in [-0.25, -0.2) is 4.98 Å². The Labute approximate surface area is 99.6 Å². The van der Waals surface area contributed by atoms with Crippen LogP contribution in [0.25, 0.3) is 0 Å². The predicted molar refractivity (Wildman–Crippen MR) is 65.6 cm³/mol. The lowest BCUT2D eigenvalue weighted by atomic mass is 10.1. The Morgan fingerprint density at radius 2 is 2.18 bits per heavy atom. The highest BCUT2D eigenvalue weighted by Gasteiger charge is 2.18. The number of nitrogens with one attached hydrogen (secondary N) is 1. The minimum atomic E-state index is -0.524. The third kappa shape index (κ3) is 3.86. The SMILES string of the molecule is CC(C)CC(C)Nc1nc(N)ncc1[N+](=O)[O-]. The van der Waals surface area contributed by atoms with Gasteiger partial charge in [-0.3, -0.25) is 10.1 Å². The second-order valence-electron chi connectivity index (χ2n) is 4.39. The molecule has 0 saturated carbocycles. The second kappa shape index (κ2) is 5.42. The van der Waals surface area contributed by atoms with Crippen LogP contribution in [-0.4, -0.2) is 20.9 Å². The van der Waals surface area contributed by atoms with E-state index in [0.717, 1.165) is 12.6 Å². The molecule has 0 fully saturated rings. The van der Waals surface area contributed by atoms with Crippen molar-refractivity contribution in [3.63, 3.8) is 0 Å². The third-order valence-electron chi connectivity index (χ3n) is 2.19. The molecule has 94 valence electrons. The molecule has 7 nitrogen and oxygen atoms in total. The Hall–Kier alpha value is -1.92. The molecule has 1 heterocycles. The van der Waals surface area contributed by atoms with Crippen LogP contribution < -0.4 is 11.1 Å². The van der Waals surface area contributed by atoms with Gasteiger partial charge in [-0.1, -0.05) is 13.8 Å². The standard InChI is InChI=1S/C10H17N5O2/c1-6(2)4-7(3)13-9-8(15(16)17)5-12-10(11)14-9/h5-7H,4H2,1-3H3,(H3,11,12,13,14). The third-order valence-corrected chi connectivity index (χ3v) is 2.19. The summed E-state index contributed by atoms with van der Waals surface area (Å²) >= 11 is 0. The van der Waals surface area contributed by atoms with Crippen LogP contribution in [0.15, 0.2) is 6.20 Å². The van der Waals surface area contributed by atoms with Gasteiger partial charge in [0.15, 0.2) is 0 Å². The summed E-state index contributed by atoms with van der Waals surface area (Å²) in [6.07, 6.45) is 2.01. The van der Waals surface area contributed by atoms with Crippen LogP contribution >= 0.6 is 0 Å². The molecule has 1 aromatic rings. The summed E-state index contributed by atoms with van der Waals surface area (Å²) in [6.45, 7) is 6.11. The molecule has 1 aromatic heterocycles. The maximum Gasteiger partial charge on any atom is 0.329 e. The van der Waals surface area contributed by atoms with Crippen LogP contribution in [0, 0.1) is 16.0 Å². The van der Waals surface area contributed by atoms with Crippen molar-refractivity contribution in [1.82, 2.24) is 9.97 Å². The highest BCUT2D eigenvalue weighted by Crippen LogP contribution is 2.22. The van der Waals surface area contributed by atoms with Gasteiger partial charge in [-0.2, -0.15) is 4.98 Å². The molecule has 0 saturated heterocycles. The second-order valence-corrected chi connectivity index (χ2v) is 4.39. The molecule has 0 aromatic carbocycles. The van der Waals surface area contributed by atoms with Crippen LogP contribution in [0.4, 0.5) is 17.5 Å². The van der Waals surface area contributed by atoms with Gasteiger partial charge in [0.1, 0.15) is 6.20 Å². The summed E-state index contributed by atoms with van der Waals surface area (Å²) < 4.78 is 0. The van der Waals surface area contributed by atoms with Gasteiger partial charge in [-0.05, 0) is 19.3 Å². The molecule has 1 unspecified atom stereocenters. The molecule has 0 bridgehead atoms. The molecule has 0 aliphatic heterocycles. The van der Waals surface area contributed by atoms with Crippen molar-refractivity contribution in [1.29, 1.82) is 0 Å².